The molecule has 13 heteroatoms. The van der Waals surface area contributed by atoms with Crippen LogP contribution in [0.4, 0.5) is 24.8 Å². The summed E-state index contributed by atoms with van der Waals surface area (Å²) in [6, 6.07) is 5.66. The lowest BCUT2D eigenvalue weighted by Crippen LogP contribution is -2.29. The molecule has 2 N–H and O–H groups in total. The van der Waals surface area contributed by atoms with Crippen molar-refractivity contribution in [3.8, 4) is 5.82 Å². The van der Waals surface area contributed by atoms with E-state index in [0.717, 1.165) is 36.2 Å². The summed E-state index contributed by atoms with van der Waals surface area (Å²) in [5.74, 6) is -0.242. The van der Waals surface area contributed by atoms with Gasteiger partial charge in [-0.3, -0.25) is 0 Å². The first-order valence-corrected chi connectivity index (χ1v) is 12.0. The van der Waals surface area contributed by atoms with Crippen molar-refractivity contribution in [2.24, 2.45) is 0 Å². The minimum Gasteiger partial charge on any atom is -0.324 e. The van der Waals surface area contributed by atoms with Gasteiger partial charge < -0.3 is 10.2 Å². The predicted molar refractivity (Wildman–Crippen MR) is 120 cm³/mol. The molecule has 0 atom stereocenters. The quantitative estimate of drug-likeness (QED) is 0.541. The van der Waals surface area contributed by atoms with Crippen LogP contribution in [0.2, 0.25) is 0 Å². The van der Waals surface area contributed by atoms with Gasteiger partial charge in [-0.25, -0.2) is 22.8 Å². The van der Waals surface area contributed by atoms with E-state index < -0.39 is 27.6 Å². The number of anilines is 2. The maximum atomic E-state index is 13.7. The molecule has 0 aliphatic carbocycles. The number of benzene rings is 1. The molecular formula is C21H24F3N7O2S. The average Bonchev–Trinajstić information content (AvgIpc) is 3.29. The molecule has 3 aromatic rings. The van der Waals surface area contributed by atoms with E-state index in [1.807, 2.05) is 7.05 Å². The first-order valence-electron chi connectivity index (χ1n) is 10.5. The first-order chi connectivity index (χ1) is 16.1. The van der Waals surface area contributed by atoms with Crippen molar-refractivity contribution in [3.05, 3.63) is 54.0 Å². The molecule has 1 aliphatic heterocycles. The van der Waals surface area contributed by atoms with E-state index in [9.17, 15) is 21.6 Å². The van der Waals surface area contributed by atoms with Gasteiger partial charge in [-0.2, -0.15) is 23.3 Å². The van der Waals surface area contributed by atoms with Crippen molar-refractivity contribution < 1.29 is 21.6 Å². The van der Waals surface area contributed by atoms with Gasteiger partial charge in [0, 0.05) is 18.1 Å². The summed E-state index contributed by atoms with van der Waals surface area (Å²) in [4.78, 5) is 10.1. The second kappa shape index (κ2) is 9.31. The summed E-state index contributed by atoms with van der Waals surface area (Å²) in [6.07, 6.45) is 1.04. The van der Waals surface area contributed by atoms with Gasteiger partial charge in [0.1, 0.15) is 5.56 Å². The topological polar surface area (TPSA) is 105 Å². The second-order valence-electron chi connectivity index (χ2n) is 8.08. The Morgan fingerprint density at radius 2 is 1.76 bits per heavy atom. The maximum Gasteiger partial charge on any atom is 0.421 e. The Bertz CT molecular complexity index is 1250. The van der Waals surface area contributed by atoms with Crippen molar-refractivity contribution in [1.29, 1.82) is 0 Å². The van der Waals surface area contributed by atoms with Gasteiger partial charge in [0.2, 0.25) is 16.0 Å². The van der Waals surface area contributed by atoms with E-state index in [1.165, 1.54) is 31.3 Å². The zero-order chi connectivity index (χ0) is 24.5. The highest BCUT2D eigenvalue weighted by Crippen LogP contribution is 2.34. The molecule has 1 aromatic carbocycles. The fourth-order valence-corrected chi connectivity index (χ4v) is 4.51. The number of sulfonamides is 1. The zero-order valence-corrected chi connectivity index (χ0v) is 19.4. The highest BCUT2D eigenvalue weighted by Gasteiger charge is 2.36. The molecule has 3 heterocycles. The summed E-state index contributed by atoms with van der Waals surface area (Å²) in [7, 11) is -0.273. The number of piperidine rings is 1. The number of hydrogen-bond acceptors (Lipinski definition) is 7. The Hall–Kier alpha value is -3.03. The molecule has 34 heavy (non-hydrogen) atoms. The van der Waals surface area contributed by atoms with E-state index in [2.05, 4.69) is 30.0 Å². The molecule has 2 aromatic heterocycles. The van der Waals surface area contributed by atoms with Crippen LogP contribution in [0.15, 0.2) is 47.8 Å². The normalized spacial score (nSPS) is 16.0. The Morgan fingerprint density at radius 3 is 2.38 bits per heavy atom. The van der Waals surface area contributed by atoms with E-state index in [-0.39, 0.29) is 16.8 Å². The molecule has 4 rings (SSSR count). The van der Waals surface area contributed by atoms with Crippen LogP contribution in [0.1, 0.15) is 29.9 Å². The first kappa shape index (κ1) is 24.1. The summed E-state index contributed by atoms with van der Waals surface area (Å²) in [5, 5.41) is 6.98. The monoisotopic (exact) mass is 495 g/mol. The Balaban J connectivity index is 1.63. The number of halogens is 3. The second-order valence-corrected chi connectivity index (χ2v) is 9.97. The maximum absolute atomic E-state index is 13.7. The fraction of sp³-hybridized carbons (Fsp3) is 0.381. The Kier molecular flexibility index (Phi) is 6.60. The highest BCUT2D eigenvalue weighted by atomic mass is 32.2. The number of alkyl halides is 3. The molecule has 0 amide bonds. The lowest BCUT2D eigenvalue weighted by atomic mass is 9.92. The molecule has 9 nitrogen and oxygen atoms in total. The number of likely N-dealkylation sites (tertiary alicyclic amines) is 1. The van der Waals surface area contributed by atoms with Crippen molar-refractivity contribution in [2.75, 3.05) is 32.5 Å². The lowest BCUT2D eigenvalue weighted by Gasteiger charge is -2.28. The van der Waals surface area contributed by atoms with Crippen LogP contribution in [-0.4, -0.2) is 60.3 Å². The Labute approximate surface area is 195 Å². The highest BCUT2D eigenvalue weighted by molar-refractivity contribution is 7.89. The van der Waals surface area contributed by atoms with E-state index in [1.54, 1.807) is 12.4 Å². The van der Waals surface area contributed by atoms with Crippen molar-refractivity contribution in [3.63, 3.8) is 0 Å². The van der Waals surface area contributed by atoms with E-state index >= 15 is 0 Å². The van der Waals surface area contributed by atoms with Gasteiger partial charge in [0.25, 0.3) is 0 Å². The van der Waals surface area contributed by atoms with Gasteiger partial charge in [0.15, 0.2) is 5.82 Å². The smallest absolute Gasteiger partial charge is 0.324 e. The number of nitrogens with zero attached hydrogens (tertiary/aromatic N) is 5. The van der Waals surface area contributed by atoms with Gasteiger partial charge in [-0.05, 0) is 75.8 Å². The Morgan fingerprint density at radius 1 is 1.09 bits per heavy atom. The van der Waals surface area contributed by atoms with Crippen molar-refractivity contribution in [1.82, 2.24) is 29.4 Å². The third-order valence-electron chi connectivity index (χ3n) is 5.77. The molecule has 182 valence electrons. The third kappa shape index (κ3) is 5.21. The standard InChI is InChI=1S/C21H24F3N7O2S/c1-25-34(32,33)17-5-3-16(4-6-17)28-20-26-12-18(21(22,23)24)19(29-20)31-13-15(11-27-31)14-7-9-30(2)10-8-14/h3-6,11-14,25H,7-10H2,1-2H3,(H,26,28,29). The largest absolute Gasteiger partial charge is 0.421 e. The van der Waals surface area contributed by atoms with Gasteiger partial charge in [0.05, 0.1) is 11.1 Å². The van der Waals surface area contributed by atoms with E-state index in [0.29, 0.717) is 11.9 Å². The molecule has 1 aliphatic rings. The van der Waals surface area contributed by atoms with Crippen LogP contribution < -0.4 is 10.0 Å². The van der Waals surface area contributed by atoms with Crippen LogP contribution >= 0.6 is 0 Å². The summed E-state index contributed by atoms with van der Waals surface area (Å²) in [6.45, 7) is 1.83. The molecule has 0 radical (unpaired) electrons. The molecule has 1 fully saturated rings. The van der Waals surface area contributed by atoms with Crippen LogP contribution in [0.3, 0.4) is 0 Å². The van der Waals surface area contributed by atoms with Crippen molar-refractivity contribution >= 4 is 21.7 Å². The summed E-state index contributed by atoms with van der Waals surface area (Å²) >= 11 is 0. The van der Waals surface area contributed by atoms with Gasteiger partial charge in [-0.15, -0.1) is 0 Å². The molecule has 0 unspecified atom stereocenters. The molecular weight excluding hydrogens is 471 g/mol. The number of hydrogen-bond donors (Lipinski definition) is 2. The van der Waals surface area contributed by atoms with Gasteiger partial charge >= 0.3 is 6.18 Å². The number of rotatable bonds is 6. The summed E-state index contributed by atoms with van der Waals surface area (Å²) in [5.41, 5.74) is 0.274. The molecule has 0 spiro atoms. The fourth-order valence-electron chi connectivity index (χ4n) is 3.78. The SMILES string of the molecule is CNS(=O)(=O)c1ccc(Nc2ncc(C(F)(F)F)c(-n3cc(C4CCN(C)CC4)cn3)n2)cc1. The van der Waals surface area contributed by atoms with Crippen LogP contribution in [0.25, 0.3) is 5.82 Å². The molecule has 0 saturated carbocycles. The van der Waals surface area contributed by atoms with Crippen LogP contribution in [0, 0.1) is 0 Å². The molecule has 0 bridgehead atoms. The zero-order valence-electron chi connectivity index (χ0n) is 18.5. The van der Waals surface area contributed by atoms with Crippen LogP contribution in [-0.2, 0) is 16.2 Å². The predicted octanol–water partition coefficient (Wildman–Crippen LogP) is 3.14. The van der Waals surface area contributed by atoms with Gasteiger partial charge in [-0.1, -0.05) is 0 Å². The average molecular weight is 496 g/mol. The minimum absolute atomic E-state index is 0.0487. The molecule has 1 saturated heterocycles. The third-order valence-corrected chi connectivity index (χ3v) is 7.20. The van der Waals surface area contributed by atoms with Crippen molar-refractivity contribution in [2.45, 2.75) is 29.8 Å². The lowest BCUT2D eigenvalue weighted by molar-refractivity contribution is -0.138. The minimum atomic E-state index is -4.67. The number of aromatic nitrogens is 4. The number of nitrogens with one attached hydrogen (secondary N) is 2. The van der Waals surface area contributed by atoms with E-state index in [4.69, 9.17) is 0 Å². The summed E-state index contributed by atoms with van der Waals surface area (Å²) < 4.78 is 68.1. The van der Waals surface area contributed by atoms with Crippen LogP contribution in [0.5, 0.6) is 0 Å².